The number of phenols is 1. The van der Waals surface area contributed by atoms with Crippen LogP contribution in [0.15, 0.2) is 60.7 Å². The molecule has 1 amide bonds. The summed E-state index contributed by atoms with van der Waals surface area (Å²) in [7, 11) is 3.02. The van der Waals surface area contributed by atoms with Crippen LogP contribution < -0.4 is 14.8 Å². The molecule has 33 heavy (non-hydrogen) atoms. The molecule has 6 nitrogen and oxygen atoms in total. The Kier molecular flexibility index (Phi) is 7.03. The average Bonchev–Trinajstić information content (AvgIpc) is 3.17. The van der Waals surface area contributed by atoms with E-state index in [0.29, 0.717) is 24.7 Å². The molecule has 6 heteroatoms. The number of aryl methyl sites for hydroxylation is 1. The monoisotopic (exact) mass is 447 g/mol. The van der Waals surface area contributed by atoms with E-state index < -0.39 is 6.09 Å². The summed E-state index contributed by atoms with van der Waals surface area (Å²) in [6, 6.07) is 20.2. The van der Waals surface area contributed by atoms with Crippen molar-refractivity contribution < 1.29 is 24.1 Å². The molecule has 0 heterocycles. The molecule has 2 N–H and O–H groups in total. The number of aromatic hydroxyl groups is 1. The fourth-order valence-electron chi connectivity index (χ4n) is 4.39. The Balaban J connectivity index is 1.24. The van der Waals surface area contributed by atoms with E-state index >= 15 is 0 Å². The standard InChI is InChI=1S/C27H29NO5/c1-31-24-15-18(16-25(32-2)26(24)29)9-7-8-14-28-27(30)33-17-23-21-12-5-3-10-19(21)20-11-4-6-13-22(20)23/h3-6,10-13,15-16,23,29H,7-9,14,17H2,1-2H3,(H,28,30). The maximum Gasteiger partial charge on any atom is 0.407 e. The van der Waals surface area contributed by atoms with Crippen molar-refractivity contribution in [3.8, 4) is 28.4 Å². The van der Waals surface area contributed by atoms with Crippen molar-refractivity contribution in [2.45, 2.75) is 25.2 Å². The van der Waals surface area contributed by atoms with Crippen LogP contribution in [0.1, 0.15) is 35.4 Å². The van der Waals surface area contributed by atoms with Gasteiger partial charge in [-0.1, -0.05) is 48.5 Å². The van der Waals surface area contributed by atoms with Gasteiger partial charge in [0.1, 0.15) is 6.61 Å². The van der Waals surface area contributed by atoms with Gasteiger partial charge in [-0.2, -0.15) is 0 Å². The molecule has 1 aliphatic rings. The van der Waals surface area contributed by atoms with Crippen LogP contribution in [-0.2, 0) is 11.2 Å². The van der Waals surface area contributed by atoms with Crippen molar-refractivity contribution in [3.63, 3.8) is 0 Å². The van der Waals surface area contributed by atoms with Gasteiger partial charge in [0.15, 0.2) is 11.5 Å². The van der Waals surface area contributed by atoms with Gasteiger partial charge in [-0.25, -0.2) is 4.79 Å². The molecule has 3 aromatic carbocycles. The van der Waals surface area contributed by atoms with Crippen LogP contribution >= 0.6 is 0 Å². The Morgan fingerprint density at radius 1 is 0.909 bits per heavy atom. The number of benzene rings is 3. The fraction of sp³-hybridized carbons (Fsp3) is 0.296. The van der Waals surface area contributed by atoms with Gasteiger partial charge >= 0.3 is 6.09 Å². The second-order valence-corrected chi connectivity index (χ2v) is 8.06. The first-order valence-corrected chi connectivity index (χ1v) is 11.1. The number of nitrogens with one attached hydrogen (secondary N) is 1. The predicted octanol–water partition coefficient (Wildman–Crippen LogP) is 5.27. The molecule has 0 unspecified atom stereocenters. The molecule has 4 rings (SSSR count). The highest BCUT2D eigenvalue weighted by atomic mass is 16.5. The lowest BCUT2D eigenvalue weighted by Crippen LogP contribution is -2.27. The molecule has 172 valence electrons. The number of amides is 1. The van der Waals surface area contributed by atoms with Crippen molar-refractivity contribution >= 4 is 6.09 Å². The fourth-order valence-corrected chi connectivity index (χ4v) is 4.39. The molecule has 0 aliphatic heterocycles. The molecule has 0 saturated heterocycles. The molecule has 0 bridgehead atoms. The number of unbranched alkanes of at least 4 members (excludes halogenated alkanes) is 1. The minimum Gasteiger partial charge on any atom is -0.502 e. The first kappa shape index (κ1) is 22.5. The zero-order chi connectivity index (χ0) is 23.2. The first-order valence-electron chi connectivity index (χ1n) is 11.1. The number of fused-ring (bicyclic) bond motifs is 3. The van der Waals surface area contributed by atoms with Crippen molar-refractivity contribution in [3.05, 3.63) is 77.4 Å². The summed E-state index contributed by atoms with van der Waals surface area (Å²) in [6.45, 7) is 0.843. The van der Waals surface area contributed by atoms with E-state index in [9.17, 15) is 9.90 Å². The van der Waals surface area contributed by atoms with Crippen molar-refractivity contribution in [1.29, 1.82) is 0 Å². The van der Waals surface area contributed by atoms with Crippen LogP contribution in [0.2, 0.25) is 0 Å². The second kappa shape index (κ2) is 10.3. The highest BCUT2D eigenvalue weighted by Gasteiger charge is 2.28. The average molecular weight is 448 g/mol. The summed E-state index contributed by atoms with van der Waals surface area (Å²) in [5, 5.41) is 12.9. The van der Waals surface area contributed by atoms with E-state index in [1.54, 1.807) is 12.1 Å². The van der Waals surface area contributed by atoms with Gasteiger partial charge in [0, 0.05) is 12.5 Å². The molecule has 0 spiro atoms. The van der Waals surface area contributed by atoms with E-state index in [1.807, 2.05) is 24.3 Å². The second-order valence-electron chi connectivity index (χ2n) is 8.06. The number of ether oxygens (including phenoxy) is 3. The predicted molar refractivity (Wildman–Crippen MR) is 127 cm³/mol. The summed E-state index contributed by atoms with van der Waals surface area (Å²) in [5.41, 5.74) is 5.83. The molecule has 0 atom stereocenters. The number of rotatable bonds is 9. The summed E-state index contributed by atoms with van der Waals surface area (Å²) in [6.07, 6.45) is 2.04. The van der Waals surface area contributed by atoms with Crippen LogP contribution in [0.4, 0.5) is 4.79 Å². The van der Waals surface area contributed by atoms with Gasteiger partial charge in [-0.3, -0.25) is 0 Å². The number of hydrogen-bond donors (Lipinski definition) is 2. The summed E-state index contributed by atoms with van der Waals surface area (Å²) < 4.78 is 16.0. The smallest absolute Gasteiger partial charge is 0.407 e. The largest absolute Gasteiger partial charge is 0.502 e. The molecule has 0 fully saturated rings. The Morgan fingerprint density at radius 3 is 2.06 bits per heavy atom. The minimum atomic E-state index is -0.398. The topological polar surface area (TPSA) is 77.0 Å². The van der Waals surface area contributed by atoms with E-state index in [0.717, 1.165) is 24.8 Å². The molecular weight excluding hydrogens is 418 g/mol. The third-order valence-electron chi connectivity index (χ3n) is 6.04. The number of hydrogen-bond acceptors (Lipinski definition) is 5. The Morgan fingerprint density at radius 2 is 1.48 bits per heavy atom. The van der Waals surface area contributed by atoms with Crippen LogP contribution in [0.3, 0.4) is 0 Å². The van der Waals surface area contributed by atoms with Gasteiger partial charge in [0.25, 0.3) is 0 Å². The van der Waals surface area contributed by atoms with Crippen LogP contribution in [-0.4, -0.2) is 38.6 Å². The molecule has 0 radical (unpaired) electrons. The van der Waals surface area contributed by atoms with Gasteiger partial charge < -0.3 is 24.6 Å². The van der Waals surface area contributed by atoms with Gasteiger partial charge in [-0.05, 0) is 59.2 Å². The van der Waals surface area contributed by atoms with Crippen LogP contribution in [0.5, 0.6) is 17.2 Å². The SMILES string of the molecule is COc1cc(CCCCNC(=O)OCC2c3ccccc3-c3ccccc32)cc(OC)c1O. The Labute approximate surface area is 194 Å². The summed E-state index contributed by atoms with van der Waals surface area (Å²) >= 11 is 0. The van der Waals surface area contributed by atoms with Gasteiger partial charge in [0.05, 0.1) is 14.2 Å². The third-order valence-corrected chi connectivity index (χ3v) is 6.04. The maximum absolute atomic E-state index is 12.3. The molecule has 3 aromatic rings. The van der Waals surface area contributed by atoms with E-state index in [2.05, 4.69) is 29.6 Å². The Hall–Kier alpha value is -3.67. The number of phenolic OH excluding ortho intramolecular Hbond substituents is 1. The Bertz CT molecular complexity index is 1060. The third kappa shape index (κ3) is 4.90. The normalized spacial score (nSPS) is 12.1. The van der Waals surface area contributed by atoms with E-state index in [-0.39, 0.29) is 11.7 Å². The lowest BCUT2D eigenvalue weighted by atomic mass is 9.98. The van der Waals surface area contributed by atoms with Crippen LogP contribution in [0.25, 0.3) is 11.1 Å². The van der Waals surface area contributed by atoms with Gasteiger partial charge in [0.2, 0.25) is 5.75 Å². The molecular formula is C27H29NO5. The highest BCUT2D eigenvalue weighted by molar-refractivity contribution is 5.79. The first-order chi connectivity index (χ1) is 16.1. The number of methoxy groups -OCH3 is 2. The molecule has 0 aromatic heterocycles. The summed E-state index contributed by atoms with van der Waals surface area (Å²) in [4.78, 5) is 12.3. The maximum atomic E-state index is 12.3. The quantitative estimate of drug-likeness (QED) is 0.437. The zero-order valence-corrected chi connectivity index (χ0v) is 19.0. The van der Waals surface area contributed by atoms with Crippen molar-refractivity contribution in [2.75, 3.05) is 27.4 Å². The van der Waals surface area contributed by atoms with Crippen molar-refractivity contribution in [2.24, 2.45) is 0 Å². The number of alkyl carbamates (subject to hydrolysis) is 1. The molecule has 0 saturated carbocycles. The van der Waals surface area contributed by atoms with E-state index in [4.69, 9.17) is 14.2 Å². The zero-order valence-electron chi connectivity index (χ0n) is 19.0. The highest BCUT2D eigenvalue weighted by Crippen LogP contribution is 2.44. The minimum absolute atomic E-state index is 0.000622. The number of carbonyl (C=O) groups excluding carboxylic acids is 1. The van der Waals surface area contributed by atoms with E-state index in [1.165, 1.54) is 36.5 Å². The number of carbonyl (C=O) groups is 1. The van der Waals surface area contributed by atoms with Crippen LogP contribution in [0, 0.1) is 0 Å². The summed E-state index contributed by atoms with van der Waals surface area (Å²) in [5.74, 6) is 0.838. The lowest BCUT2D eigenvalue weighted by molar-refractivity contribution is 0.143. The lowest BCUT2D eigenvalue weighted by Gasteiger charge is -2.14. The van der Waals surface area contributed by atoms with Crippen molar-refractivity contribution in [1.82, 2.24) is 5.32 Å². The van der Waals surface area contributed by atoms with Gasteiger partial charge in [-0.15, -0.1) is 0 Å². The molecule has 1 aliphatic carbocycles.